The number of ether oxygens (including phenoxy) is 1. The van der Waals surface area contributed by atoms with E-state index in [-0.39, 0.29) is 12.5 Å². The smallest absolute Gasteiger partial charge is 0.303 e. The van der Waals surface area contributed by atoms with Crippen LogP contribution >= 0.6 is 0 Å². The molecule has 6 N–H and O–H groups in total. The predicted molar refractivity (Wildman–Crippen MR) is 123 cm³/mol. The van der Waals surface area contributed by atoms with Crippen molar-refractivity contribution >= 4 is 5.97 Å². The summed E-state index contributed by atoms with van der Waals surface area (Å²) in [5.41, 5.74) is 0. The zero-order valence-electron chi connectivity index (χ0n) is 19.8. The minimum atomic E-state index is -1.37. The number of carboxylic acids is 1. The van der Waals surface area contributed by atoms with Crippen LogP contribution < -0.4 is 5.32 Å². The van der Waals surface area contributed by atoms with Crippen LogP contribution in [-0.2, 0) is 9.53 Å². The first-order valence-corrected chi connectivity index (χ1v) is 12.7. The molecular formula is C24H47NO7. The minimum Gasteiger partial charge on any atom is -0.481 e. The van der Waals surface area contributed by atoms with Gasteiger partial charge < -0.3 is 30.3 Å². The van der Waals surface area contributed by atoms with Gasteiger partial charge in [0, 0.05) is 12.5 Å². The Morgan fingerprint density at radius 2 is 1.34 bits per heavy atom. The van der Waals surface area contributed by atoms with E-state index in [4.69, 9.17) is 9.84 Å². The van der Waals surface area contributed by atoms with E-state index in [0.717, 1.165) is 51.4 Å². The second kappa shape index (κ2) is 17.7. The van der Waals surface area contributed by atoms with Gasteiger partial charge in [-0.25, -0.2) is 0 Å². The normalized spacial score (nSPS) is 26.8. The van der Waals surface area contributed by atoms with Crippen molar-refractivity contribution in [2.75, 3.05) is 6.61 Å². The fraction of sp³-hybridized carbons (Fsp3) is 0.958. The fourth-order valence-electron chi connectivity index (χ4n) is 4.33. The zero-order chi connectivity index (χ0) is 23.8. The molecule has 0 saturated carbocycles. The molecule has 0 aromatic rings. The third-order valence-corrected chi connectivity index (χ3v) is 6.39. The SMILES string of the molecule is CCCCCCCCCC(CCCCCCCC(=O)O)NC1O[C@H](CO)[C@@H](O)[C@H](O)[C@H]1O. The summed E-state index contributed by atoms with van der Waals surface area (Å²) in [6.45, 7) is 1.78. The van der Waals surface area contributed by atoms with E-state index in [1.54, 1.807) is 0 Å². The van der Waals surface area contributed by atoms with Crippen molar-refractivity contribution in [1.82, 2.24) is 5.32 Å². The van der Waals surface area contributed by atoms with Gasteiger partial charge in [0.2, 0.25) is 0 Å². The van der Waals surface area contributed by atoms with E-state index in [1.165, 1.54) is 32.1 Å². The highest BCUT2D eigenvalue weighted by atomic mass is 16.6. The molecule has 0 amide bonds. The predicted octanol–water partition coefficient (Wildman–Crippen LogP) is 2.70. The molecule has 32 heavy (non-hydrogen) atoms. The molecule has 6 atom stereocenters. The molecule has 0 aromatic heterocycles. The first kappa shape index (κ1) is 29.3. The molecule has 2 unspecified atom stereocenters. The Hall–Kier alpha value is -0.770. The number of rotatable bonds is 19. The molecule has 0 radical (unpaired) electrons. The molecule has 0 spiro atoms. The second-order valence-corrected chi connectivity index (χ2v) is 9.22. The van der Waals surface area contributed by atoms with Gasteiger partial charge in [0.05, 0.1) is 6.61 Å². The number of unbranched alkanes of at least 4 members (excludes halogenated alkanes) is 10. The number of hydrogen-bond donors (Lipinski definition) is 6. The third kappa shape index (κ3) is 11.9. The average molecular weight is 462 g/mol. The van der Waals surface area contributed by atoms with E-state index >= 15 is 0 Å². The molecule has 1 heterocycles. The van der Waals surface area contributed by atoms with Gasteiger partial charge in [0.15, 0.2) is 0 Å². The number of nitrogens with one attached hydrogen (secondary N) is 1. The first-order valence-electron chi connectivity index (χ1n) is 12.7. The van der Waals surface area contributed by atoms with E-state index in [9.17, 15) is 25.2 Å². The summed E-state index contributed by atoms with van der Waals surface area (Å²) in [5.74, 6) is -0.747. The standard InChI is InChI=1S/C24H47NO7/c1-2-3-4-5-6-8-11-14-18(15-12-9-7-10-13-16-20(27)28)25-24-23(31)22(30)21(29)19(17-26)32-24/h18-19,21-26,29-31H,2-17H2,1H3,(H,27,28)/t18?,19-,21-,22+,23-,24?/m1/s1. The summed E-state index contributed by atoms with van der Waals surface area (Å²) < 4.78 is 5.64. The lowest BCUT2D eigenvalue weighted by Crippen LogP contribution is -2.63. The Kier molecular flexibility index (Phi) is 16.2. The van der Waals surface area contributed by atoms with Gasteiger partial charge in [-0.05, 0) is 19.3 Å². The maximum Gasteiger partial charge on any atom is 0.303 e. The monoisotopic (exact) mass is 461 g/mol. The molecule has 1 fully saturated rings. The molecule has 190 valence electrons. The average Bonchev–Trinajstić information content (AvgIpc) is 2.77. The molecule has 0 bridgehead atoms. The van der Waals surface area contributed by atoms with Crippen LogP contribution in [0.4, 0.5) is 0 Å². The van der Waals surface area contributed by atoms with Gasteiger partial charge in [0.1, 0.15) is 30.6 Å². The number of aliphatic carboxylic acids is 1. The number of carbonyl (C=O) groups is 1. The molecule has 1 rings (SSSR count). The highest BCUT2D eigenvalue weighted by Crippen LogP contribution is 2.22. The lowest BCUT2D eigenvalue weighted by atomic mass is 9.96. The van der Waals surface area contributed by atoms with Crippen molar-refractivity contribution in [3.63, 3.8) is 0 Å². The largest absolute Gasteiger partial charge is 0.481 e. The van der Waals surface area contributed by atoms with Crippen molar-refractivity contribution in [3.8, 4) is 0 Å². The lowest BCUT2D eigenvalue weighted by molar-refractivity contribution is -0.238. The van der Waals surface area contributed by atoms with Gasteiger partial charge in [-0.2, -0.15) is 0 Å². The zero-order valence-corrected chi connectivity index (χ0v) is 19.8. The fourth-order valence-corrected chi connectivity index (χ4v) is 4.33. The second-order valence-electron chi connectivity index (χ2n) is 9.22. The number of aliphatic hydroxyl groups excluding tert-OH is 4. The third-order valence-electron chi connectivity index (χ3n) is 6.39. The first-order chi connectivity index (χ1) is 15.4. The molecule has 1 aliphatic heterocycles. The Bertz CT molecular complexity index is 477. The topological polar surface area (TPSA) is 139 Å². The van der Waals surface area contributed by atoms with Gasteiger partial charge in [-0.1, -0.05) is 77.6 Å². The van der Waals surface area contributed by atoms with Crippen molar-refractivity contribution in [2.24, 2.45) is 0 Å². The Morgan fingerprint density at radius 1 is 0.812 bits per heavy atom. The van der Waals surface area contributed by atoms with Gasteiger partial charge in [-0.3, -0.25) is 10.1 Å². The molecule has 8 nitrogen and oxygen atoms in total. The van der Waals surface area contributed by atoms with E-state index in [2.05, 4.69) is 12.2 Å². The van der Waals surface area contributed by atoms with Crippen LogP contribution in [0.3, 0.4) is 0 Å². The number of carboxylic acid groups (broad SMARTS) is 1. The van der Waals surface area contributed by atoms with Crippen LogP contribution in [0.25, 0.3) is 0 Å². The quantitative estimate of drug-likeness (QED) is 0.161. The van der Waals surface area contributed by atoms with Crippen molar-refractivity contribution < 1.29 is 35.1 Å². The van der Waals surface area contributed by atoms with E-state index in [1.807, 2.05) is 0 Å². The molecule has 0 aliphatic carbocycles. The van der Waals surface area contributed by atoms with Crippen molar-refractivity contribution in [1.29, 1.82) is 0 Å². The maximum absolute atomic E-state index is 10.6. The molecule has 0 aromatic carbocycles. The molecular weight excluding hydrogens is 414 g/mol. The summed E-state index contributed by atoms with van der Waals surface area (Å²) in [4.78, 5) is 10.6. The van der Waals surface area contributed by atoms with E-state index < -0.39 is 43.2 Å². The Morgan fingerprint density at radius 3 is 1.88 bits per heavy atom. The number of aliphatic hydroxyl groups is 4. The van der Waals surface area contributed by atoms with Gasteiger partial charge >= 0.3 is 5.97 Å². The van der Waals surface area contributed by atoms with Crippen LogP contribution in [0.1, 0.15) is 103 Å². The summed E-state index contributed by atoms with van der Waals surface area (Å²) in [5, 5.41) is 51.8. The van der Waals surface area contributed by atoms with Crippen LogP contribution in [0.2, 0.25) is 0 Å². The van der Waals surface area contributed by atoms with E-state index in [0.29, 0.717) is 6.42 Å². The lowest BCUT2D eigenvalue weighted by Gasteiger charge is -2.41. The summed E-state index contributed by atoms with van der Waals surface area (Å²) in [6.07, 6.45) is 9.46. The Labute approximate surface area is 193 Å². The van der Waals surface area contributed by atoms with Crippen molar-refractivity contribution in [2.45, 2.75) is 140 Å². The van der Waals surface area contributed by atoms with Crippen LogP contribution in [0.15, 0.2) is 0 Å². The summed E-state index contributed by atoms with van der Waals surface area (Å²) >= 11 is 0. The van der Waals surface area contributed by atoms with Crippen LogP contribution in [0.5, 0.6) is 0 Å². The summed E-state index contributed by atoms with van der Waals surface area (Å²) in [6, 6.07) is 0.103. The highest BCUT2D eigenvalue weighted by Gasteiger charge is 2.43. The molecule has 1 saturated heterocycles. The Balaban J connectivity index is 2.46. The van der Waals surface area contributed by atoms with Crippen LogP contribution in [0, 0.1) is 0 Å². The van der Waals surface area contributed by atoms with Gasteiger partial charge in [-0.15, -0.1) is 0 Å². The maximum atomic E-state index is 10.6. The highest BCUT2D eigenvalue weighted by molar-refractivity contribution is 5.66. The van der Waals surface area contributed by atoms with Crippen LogP contribution in [-0.4, -0.2) is 74.8 Å². The van der Waals surface area contributed by atoms with Gasteiger partial charge in [0.25, 0.3) is 0 Å². The summed E-state index contributed by atoms with van der Waals surface area (Å²) in [7, 11) is 0. The molecule has 1 aliphatic rings. The van der Waals surface area contributed by atoms with Crippen molar-refractivity contribution in [3.05, 3.63) is 0 Å². The minimum absolute atomic E-state index is 0.103. The number of hydrogen-bond acceptors (Lipinski definition) is 7. The molecule has 8 heteroatoms.